The first-order valence-electron chi connectivity index (χ1n) is 3.61. The van der Waals surface area contributed by atoms with Crippen molar-refractivity contribution in [1.29, 1.82) is 0 Å². The number of alkyl halides is 1. The van der Waals surface area contributed by atoms with Gasteiger partial charge in [-0.25, -0.2) is 0 Å². The van der Waals surface area contributed by atoms with Gasteiger partial charge in [0.05, 0.1) is 6.20 Å². The van der Waals surface area contributed by atoms with E-state index in [0.29, 0.717) is 17.3 Å². The Hall–Kier alpha value is -0.940. The zero-order valence-corrected chi connectivity index (χ0v) is 8.31. The first kappa shape index (κ1) is 10.1. The van der Waals surface area contributed by atoms with Crippen LogP contribution < -0.4 is 5.32 Å². The molecule has 70 valence electrons. The van der Waals surface area contributed by atoms with Crippen LogP contribution in [0.2, 0.25) is 0 Å². The summed E-state index contributed by atoms with van der Waals surface area (Å²) in [5, 5.41) is 6.22. The predicted molar refractivity (Wildman–Crippen MR) is 52.1 cm³/mol. The number of aromatic nitrogens is 2. The fourth-order valence-electron chi connectivity index (χ4n) is 0.652. The number of nitrogens with zero attached hydrogens (tertiary/aromatic N) is 2. The van der Waals surface area contributed by atoms with E-state index in [0.717, 1.165) is 11.5 Å². The minimum absolute atomic E-state index is 0.158. The van der Waals surface area contributed by atoms with Crippen LogP contribution >= 0.6 is 23.1 Å². The molecule has 13 heavy (non-hydrogen) atoms. The Kier molecular flexibility index (Phi) is 4.42. The van der Waals surface area contributed by atoms with Crippen LogP contribution in [0.4, 0.5) is 0 Å². The number of halogens is 1. The van der Waals surface area contributed by atoms with E-state index in [4.69, 9.17) is 11.6 Å². The highest BCUT2D eigenvalue weighted by atomic mass is 35.5. The SMILES string of the molecule is O=C(NC/C=C/CCl)c1cnns1. The van der Waals surface area contributed by atoms with Crippen LogP contribution in [0.5, 0.6) is 0 Å². The average molecular weight is 218 g/mol. The van der Waals surface area contributed by atoms with Gasteiger partial charge in [-0.05, 0) is 11.5 Å². The second kappa shape index (κ2) is 5.66. The van der Waals surface area contributed by atoms with Crippen LogP contribution in [0.1, 0.15) is 9.67 Å². The summed E-state index contributed by atoms with van der Waals surface area (Å²) < 4.78 is 3.58. The summed E-state index contributed by atoms with van der Waals surface area (Å²) in [5.74, 6) is 0.298. The molecule has 0 atom stereocenters. The Morgan fingerprint density at radius 3 is 3.15 bits per heavy atom. The van der Waals surface area contributed by atoms with Crippen molar-refractivity contribution in [1.82, 2.24) is 14.9 Å². The molecule has 1 N–H and O–H groups in total. The molecule has 0 aliphatic rings. The van der Waals surface area contributed by atoms with Crippen LogP contribution in [0.15, 0.2) is 18.3 Å². The molecule has 0 radical (unpaired) electrons. The summed E-state index contributed by atoms with van der Waals surface area (Å²) in [5.41, 5.74) is 0. The molecule has 1 aromatic rings. The zero-order valence-electron chi connectivity index (χ0n) is 6.74. The Morgan fingerprint density at radius 2 is 2.54 bits per heavy atom. The second-order valence-corrected chi connectivity index (χ2v) is 3.21. The molecule has 0 spiro atoms. The van der Waals surface area contributed by atoms with Crippen molar-refractivity contribution in [2.24, 2.45) is 0 Å². The molecule has 0 aliphatic heterocycles. The number of amides is 1. The quantitative estimate of drug-likeness (QED) is 0.606. The molecule has 1 aromatic heterocycles. The molecular formula is C7H8ClN3OS. The third kappa shape index (κ3) is 3.52. The van der Waals surface area contributed by atoms with Crippen LogP contribution in [-0.2, 0) is 0 Å². The summed E-state index contributed by atoms with van der Waals surface area (Å²) >= 11 is 6.47. The molecular weight excluding hydrogens is 210 g/mol. The van der Waals surface area contributed by atoms with Gasteiger partial charge < -0.3 is 5.32 Å². The minimum atomic E-state index is -0.158. The smallest absolute Gasteiger partial charge is 0.264 e. The largest absolute Gasteiger partial charge is 0.348 e. The highest BCUT2D eigenvalue weighted by molar-refractivity contribution is 7.07. The van der Waals surface area contributed by atoms with Crippen LogP contribution in [-0.4, -0.2) is 27.9 Å². The minimum Gasteiger partial charge on any atom is -0.348 e. The number of carbonyl (C=O) groups is 1. The normalized spacial score (nSPS) is 10.5. The third-order valence-corrected chi connectivity index (χ3v) is 2.06. The maximum absolute atomic E-state index is 11.2. The predicted octanol–water partition coefficient (Wildman–Crippen LogP) is 1.06. The Balaban J connectivity index is 2.31. The maximum Gasteiger partial charge on any atom is 0.264 e. The second-order valence-electron chi connectivity index (χ2n) is 2.12. The van der Waals surface area contributed by atoms with Gasteiger partial charge >= 0.3 is 0 Å². The standard InChI is InChI=1S/C7H8ClN3OS/c8-3-1-2-4-9-7(12)6-5-10-11-13-6/h1-2,5H,3-4H2,(H,9,12)/b2-1+. The lowest BCUT2D eigenvalue weighted by atomic mass is 10.4. The molecule has 0 fully saturated rings. The summed E-state index contributed by atoms with van der Waals surface area (Å²) in [4.78, 5) is 11.7. The molecule has 0 bridgehead atoms. The topological polar surface area (TPSA) is 54.9 Å². The molecule has 1 amide bonds. The van der Waals surface area contributed by atoms with Crippen molar-refractivity contribution < 1.29 is 4.79 Å². The lowest BCUT2D eigenvalue weighted by molar-refractivity contribution is 0.0962. The number of hydrogen-bond acceptors (Lipinski definition) is 4. The van der Waals surface area contributed by atoms with E-state index in [1.165, 1.54) is 6.20 Å². The molecule has 0 saturated heterocycles. The van der Waals surface area contributed by atoms with Crippen LogP contribution in [0, 0.1) is 0 Å². The number of hydrogen-bond donors (Lipinski definition) is 1. The maximum atomic E-state index is 11.2. The lowest BCUT2D eigenvalue weighted by Gasteiger charge is -1.96. The Bertz CT molecular complexity index is 286. The van der Waals surface area contributed by atoms with E-state index < -0.39 is 0 Å². The zero-order chi connectivity index (χ0) is 9.52. The molecule has 4 nitrogen and oxygen atoms in total. The van der Waals surface area contributed by atoms with Gasteiger partial charge in [0.1, 0.15) is 4.88 Å². The molecule has 6 heteroatoms. The first-order valence-corrected chi connectivity index (χ1v) is 4.92. The van der Waals surface area contributed by atoms with Gasteiger partial charge in [-0.2, -0.15) is 0 Å². The fraction of sp³-hybridized carbons (Fsp3) is 0.286. The van der Waals surface area contributed by atoms with E-state index in [1.54, 1.807) is 12.2 Å². The highest BCUT2D eigenvalue weighted by Gasteiger charge is 2.05. The molecule has 0 saturated carbocycles. The van der Waals surface area contributed by atoms with Crippen molar-refractivity contribution in [3.63, 3.8) is 0 Å². The van der Waals surface area contributed by atoms with Gasteiger partial charge in [-0.15, -0.1) is 16.7 Å². The van der Waals surface area contributed by atoms with Crippen molar-refractivity contribution in [3.8, 4) is 0 Å². The molecule has 0 aliphatic carbocycles. The summed E-state index contributed by atoms with van der Waals surface area (Å²) in [6.07, 6.45) is 5.00. The average Bonchev–Trinajstić information content (AvgIpc) is 2.65. The summed E-state index contributed by atoms with van der Waals surface area (Å²) in [6.45, 7) is 0.476. The van der Waals surface area contributed by atoms with Crippen molar-refractivity contribution in [3.05, 3.63) is 23.2 Å². The molecule has 1 rings (SSSR count). The fourth-order valence-corrected chi connectivity index (χ4v) is 1.21. The summed E-state index contributed by atoms with van der Waals surface area (Å²) in [6, 6.07) is 0. The number of carbonyl (C=O) groups excluding carboxylic acids is 1. The molecule has 1 heterocycles. The number of allylic oxidation sites excluding steroid dienone is 1. The Morgan fingerprint density at radius 1 is 1.69 bits per heavy atom. The van der Waals surface area contributed by atoms with E-state index in [1.807, 2.05) is 0 Å². The van der Waals surface area contributed by atoms with Gasteiger partial charge in [-0.3, -0.25) is 4.79 Å². The van der Waals surface area contributed by atoms with Gasteiger partial charge in [0, 0.05) is 12.4 Å². The lowest BCUT2D eigenvalue weighted by Crippen LogP contribution is -2.22. The van der Waals surface area contributed by atoms with Gasteiger partial charge in [0.25, 0.3) is 5.91 Å². The summed E-state index contributed by atoms with van der Waals surface area (Å²) in [7, 11) is 0. The van der Waals surface area contributed by atoms with Gasteiger partial charge in [0.15, 0.2) is 0 Å². The first-order chi connectivity index (χ1) is 6.34. The number of rotatable bonds is 4. The van der Waals surface area contributed by atoms with Crippen molar-refractivity contribution in [2.75, 3.05) is 12.4 Å². The highest BCUT2D eigenvalue weighted by Crippen LogP contribution is 2.00. The third-order valence-electron chi connectivity index (χ3n) is 1.22. The van der Waals surface area contributed by atoms with Crippen molar-refractivity contribution >= 4 is 29.0 Å². The van der Waals surface area contributed by atoms with Gasteiger partial charge in [0.2, 0.25) is 0 Å². The molecule has 0 unspecified atom stereocenters. The monoisotopic (exact) mass is 217 g/mol. The van der Waals surface area contributed by atoms with Crippen LogP contribution in [0.3, 0.4) is 0 Å². The van der Waals surface area contributed by atoms with E-state index in [9.17, 15) is 4.79 Å². The van der Waals surface area contributed by atoms with E-state index in [2.05, 4.69) is 14.9 Å². The van der Waals surface area contributed by atoms with E-state index in [-0.39, 0.29) is 5.91 Å². The van der Waals surface area contributed by atoms with Crippen LogP contribution in [0.25, 0.3) is 0 Å². The Labute approximate surface area is 84.8 Å². The van der Waals surface area contributed by atoms with E-state index >= 15 is 0 Å². The van der Waals surface area contributed by atoms with Gasteiger partial charge in [-0.1, -0.05) is 16.6 Å². The number of nitrogens with one attached hydrogen (secondary N) is 1. The molecule has 0 aromatic carbocycles. The van der Waals surface area contributed by atoms with Crippen molar-refractivity contribution in [2.45, 2.75) is 0 Å².